The van der Waals surface area contributed by atoms with E-state index in [1.165, 1.54) is 4.90 Å². The molecule has 3 rings (SSSR count). The van der Waals surface area contributed by atoms with E-state index >= 15 is 0 Å². The number of benzene rings is 2. The molecule has 2 aromatic rings. The maximum Gasteiger partial charge on any atom is 0.293 e. The van der Waals surface area contributed by atoms with Gasteiger partial charge in [-0.2, -0.15) is 0 Å². The van der Waals surface area contributed by atoms with Crippen LogP contribution in [0.2, 0.25) is 0 Å². The van der Waals surface area contributed by atoms with Crippen molar-refractivity contribution in [3.8, 4) is 17.2 Å². The lowest BCUT2D eigenvalue weighted by Gasteiger charge is -2.13. The molecule has 0 bridgehead atoms. The molecule has 0 N–H and O–H groups in total. The van der Waals surface area contributed by atoms with Crippen LogP contribution in [0.5, 0.6) is 17.2 Å². The average Bonchev–Trinajstić information content (AvgIpc) is 2.95. The van der Waals surface area contributed by atoms with Crippen molar-refractivity contribution in [2.75, 3.05) is 27.4 Å². The molecule has 0 atom stereocenters. The summed E-state index contributed by atoms with van der Waals surface area (Å²) in [6, 6.07) is 14.5. The van der Waals surface area contributed by atoms with Gasteiger partial charge in [0, 0.05) is 6.07 Å². The molecule has 0 unspecified atom stereocenters. The third-order valence-corrected chi connectivity index (χ3v) is 4.78. The molecule has 2 aromatic carbocycles. The van der Waals surface area contributed by atoms with Crippen LogP contribution in [-0.4, -0.2) is 43.4 Å². The predicted octanol–water partition coefficient (Wildman–Crippen LogP) is 3.82. The first-order chi connectivity index (χ1) is 13.1. The van der Waals surface area contributed by atoms with Crippen LogP contribution in [0.15, 0.2) is 53.4 Å². The quantitative estimate of drug-likeness (QED) is 0.675. The number of nitrogens with zero attached hydrogens (tertiary/aromatic N) is 1. The second kappa shape index (κ2) is 8.64. The van der Waals surface area contributed by atoms with Crippen molar-refractivity contribution < 1.29 is 23.8 Å². The van der Waals surface area contributed by atoms with Gasteiger partial charge >= 0.3 is 0 Å². The Morgan fingerprint density at radius 2 is 1.63 bits per heavy atom. The fourth-order valence-corrected chi connectivity index (χ4v) is 3.39. The van der Waals surface area contributed by atoms with Crippen LogP contribution in [0.1, 0.15) is 5.56 Å². The fraction of sp³-hybridized carbons (Fsp3) is 0.200. The van der Waals surface area contributed by atoms with Crippen molar-refractivity contribution >= 4 is 29.0 Å². The molecule has 1 aliphatic rings. The van der Waals surface area contributed by atoms with E-state index in [0.29, 0.717) is 22.2 Å². The molecule has 27 heavy (non-hydrogen) atoms. The number of rotatable bonds is 7. The van der Waals surface area contributed by atoms with Gasteiger partial charge in [0.2, 0.25) is 0 Å². The Labute approximate surface area is 161 Å². The van der Waals surface area contributed by atoms with Crippen molar-refractivity contribution in [2.45, 2.75) is 0 Å². The van der Waals surface area contributed by atoms with Gasteiger partial charge < -0.3 is 14.2 Å². The zero-order chi connectivity index (χ0) is 19.2. The molecule has 1 fully saturated rings. The van der Waals surface area contributed by atoms with E-state index in [0.717, 1.165) is 17.3 Å². The van der Waals surface area contributed by atoms with Gasteiger partial charge in [-0.1, -0.05) is 18.2 Å². The van der Waals surface area contributed by atoms with E-state index in [4.69, 9.17) is 14.2 Å². The summed E-state index contributed by atoms with van der Waals surface area (Å²) in [6.07, 6.45) is 1.66. The van der Waals surface area contributed by atoms with E-state index in [1.54, 1.807) is 38.5 Å². The largest absolute Gasteiger partial charge is 0.497 e. The number of imide groups is 1. The van der Waals surface area contributed by atoms with Crippen LogP contribution in [0, 0.1) is 0 Å². The van der Waals surface area contributed by atoms with Gasteiger partial charge in [0.05, 0.1) is 25.7 Å². The molecule has 2 amide bonds. The molecule has 0 aliphatic carbocycles. The Morgan fingerprint density at radius 3 is 2.26 bits per heavy atom. The van der Waals surface area contributed by atoms with E-state index < -0.39 is 0 Å². The smallest absolute Gasteiger partial charge is 0.293 e. The highest BCUT2D eigenvalue weighted by Gasteiger charge is 2.34. The Hall–Kier alpha value is -2.93. The highest BCUT2D eigenvalue weighted by Crippen LogP contribution is 2.33. The van der Waals surface area contributed by atoms with Gasteiger partial charge in [-0.25, -0.2) is 0 Å². The Morgan fingerprint density at radius 1 is 0.963 bits per heavy atom. The molecule has 6 nitrogen and oxygen atoms in total. The average molecular weight is 385 g/mol. The maximum absolute atomic E-state index is 12.6. The lowest BCUT2D eigenvalue weighted by molar-refractivity contribution is -0.123. The number of hydrogen-bond acceptors (Lipinski definition) is 6. The van der Waals surface area contributed by atoms with Gasteiger partial charge in [-0.05, 0) is 47.7 Å². The van der Waals surface area contributed by atoms with Crippen LogP contribution >= 0.6 is 11.8 Å². The highest BCUT2D eigenvalue weighted by molar-refractivity contribution is 8.18. The van der Waals surface area contributed by atoms with Gasteiger partial charge in [0.15, 0.2) is 0 Å². The molecule has 140 valence electrons. The third-order valence-electron chi connectivity index (χ3n) is 3.87. The van der Waals surface area contributed by atoms with Crippen LogP contribution in [0.3, 0.4) is 0 Å². The third kappa shape index (κ3) is 4.62. The number of thioether (sulfide) groups is 1. The summed E-state index contributed by atoms with van der Waals surface area (Å²) in [5.74, 6) is 1.58. The maximum atomic E-state index is 12.6. The molecule has 0 aromatic heterocycles. The molecule has 1 heterocycles. The standard InChI is InChI=1S/C20H19NO5S/c1-24-16-10-14(11-17(13-16)25-2)12-18-19(22)21(20(23)27-18)8-9-26-15-6-4-3-5-7-15/h3-7,10-13H,8-9H2,1-2H3/b18-12-. The number of para-hydroxylation sites is 1. The Bertz CT molecular complexity index is 844. The molecular formula is C20H19NO5S. The number of amides is 2. The minimum atomic E-state index is -0.330. The summed E-state index contributed by atoms with van der Waals surface area (Å²) in [4.78, 5) is 26.3. The second-order valence-corrected chi connectivity index (χ2v) is 6.63. The SMILES string of the molecule is COc1cc(/C=C2\SC(=O)N(CCOc3ccccc3)C2=O)cc(OC)c1. The summed E-state index contributed by atoms with van der Waals surface area (Å²) in [6.45, 7) is 0.431. The topological polar surface area (TPSA) is 65.1 Å². The Kier molecular flexibility index (Phi) is 6.03. The summed E-state index contributed by atoms with van der Waals surface area (Å²) in [5, 5.41) is -0.308. The first kappa shape index (κ1) is 18.8. The van der Waals surface area contributed by atoms with Crippen LogP contribution in [-0.2, 0) is 4.79 Å². The Balaban J connectivity index is 1.69. The van der Waals surface area contributed by atoms with Gasteiger partial charge in [0.25, 0.3) is 11.1 Å². The van der Waals surface area contributed by atoms with E-state index in [1.807, 2.05) is 30.3 Å². The van der Waals surface area contributed by atoms with Crippen molar-refractivity contribution in [1.82, 2.24) is 4.90 Å². The number of hydrogen-bond donors (Lipinski definition) is 0. The van der Waals surface area contributed by atoms with Crippen LogP contribution in [0.25, 0.3) is 6.08 Å². The second-order valence-electron chi connectivity index (χ2n) is 5.64. The highest BCUT2D eigenvalue weighted by atomic mass is 32.2. The number of methoxy groups -OCH3 is 2. The van der Waals surface area contributed by atoms with Crippen molar-refractivity contribution in [3.05, 3.63) is 59.0 Å². The lowest BCUT2D eigenvalue weighted by atomic mass is 10.2. The molecule has 1 saturated heterocycles. The summed E-state index contributed by atoms with van der Waals surface area (Å²) in [5.41, 5.74) is 0.720. The van der Waals surface area contributed by atoms with Crippen molar-refractivity contribution in [1.29, 1.82) is 0 Å². The molecule has 0 saturated carbocycles. The van der Waals surface area contributed by atoms with E-state index in [9.17, 15) is 9.59 Å². The first-order valence-corrected chi connectivity index (χ1v) is 9.08. The zero-order valence-corrected chi connectivity index (χ0v) is 15.8. The predicted molar refractivity (Wildman–Crippen MR) is 104 cm³/mol. The molecule has 0 spiro atoms. The van der Waals surface area contributed by atoms with E-state index in [-0.39, 0.29) is 24.3 Å². The van der Waals surface area contributed by atoms with Crippen LogP contribution < -0.4 is 14.2 Å². The minimum Gasteiger partial charge on any atom is -0.497 e. The fourth-order valence-electron chi connectivity index (χ4n) is 2.53. The van der Waals surface area contributed by atoms with Gasteiger partial charge in [-0.15, -0.1) is 0 Å². The summed E-state index contributed by atoms with van der Waals surface area (Å²) < 4.78 is 16.0. The van der Waals surface area contributed by atoms with Gasteiger partial charge in [0.1, 0.15) is 23.9 Å². The monoisotopic (exact) mass is 385 g/mol. The normalized spacial score (nSPS) is 15.3. The number of ether oxygens (including phenoxy) is 3. The number of carbonyl (C=O) groups is 2. The zero-order valence-electron chi connectivity index (χ0n) is 15.0. The van der Waals surface area contributed by atoms with Crippen molar-refractivity contribution in [3.63, 3.8) is 0 Å². The van der Waals surface area contributed by atoms with Crippen molar-refractivity contribution in [2.24, 2.45) is 0 Å². The number of carbonyl (C=O) groups excluding carboxylic acids is 2. The summed E-state index contributed by atoms with van der Waals surface area (Å²) in [7, 11) is 3.11. The van der Waals surface area contributed by atoms with E-state index in [2.05, 4.69) is 0 Å². The molecule has 0 radical (unpaired) electrons. The molecule has 1 aliphatic heterocycles. The lowest BCUT2D eigenvalue weighted by Crippen LogP contribution is -2.32. The summed E-state index contributed by atoms with van der Waals surface area (Å²) >= 11 is 0.911. The van der Waals surface area contributed by atoms with Crippen LogP contribution in [0.4, 0.5) is 4.79 Å². The molecule has 7 heteroatoms. The first-order valence-electron chi connectivity index (χ1n) is 8.27. The molecular weight excluding hydrogens is 366 g/mol. The van der Waals surface area contributed by atoms with Gasteiger partial charge in [-0.3, -0.25) is 14.5 Å². The minimum absolute atomic E-state index is 0.193.